The fourth-order valence-corrected chi connectivity index (χ4v) is 3.54. The summed E-state index contributed by atoms with van der Waals surface area (Å²) in [6.07, 6.45) is 5.23. The topological polar surface area (TPSA) is 50.9 Å². The second kappa shape index (κ2) is 6.14. The van der Waals surface area contributed by atoms with Gasteiger partial charge in [0.1, 0.15) is 0 Å². The number of hydrogen-bond donors (Lipinski definition) is 2. The lowest BCUT2D eigenvalue weighted by Gasteiger charge is -2.32. The fraction of sp³-hybridized carbons (Fsp3) is 0.353. The Kier molecular flexibility index (Phi) is 4.24. The summed E-state index contributed by atoms with van der Waals surface area (Å²) >= 11 is 6.27. The van der Waals surface area contributed by atoms with Crippen molar-refractivity contribution in [1.82, 2.24) is 10.4 Å². The zero-order valence-electron chi connectivity index (χ0n) is 12.1. The molecule has 0 radical (unpaired) electrons. The predicted octanol–water partition coefficient (Wildman–Crippen LogP) is 3.67. The summed E-state index contributed by atoms with van der Waals surface area (Å²) in [5, 5.41) is 0.782. The molecule has 0 saturated carbocycles. The highest BCUT2D eigenvalue weighted by Gasteiger charge is 2.30. The van der Waals surface area contributed by atoms with E-state index in [9.17, 15) is 0 Å². The average Bonchev–Trinajstić information content (AvgIpc) is 2.52. The third-order valence-electron chi connectivity index (χ3n) is 4.47. The second-order valence-electron chi connectivity index (χ2n) is 5.64. The van der Waals surface area contributed by atoms with Gasteiger partial charge >= 0.3 is 0 Å². The standard InChI is InChI=1S/C17H20ClN3/c1-11-13(7-3-9-15(11)18)17(21-19)14-8-2-5-12-6-4-10-20-16(12)14/h3-4,6-7,9-10,14,17,21H,2,5,8,19H2,1H3. The van der Waals surface area contributed by atoms with Crippen molar-refractivity contribution in [2.45, 2.75) is 38.1 Å². The molecule has 1 aliphatic rings. The minimum atomic E-state index is 0.0395. The Morgan fingerprint density at radius 3 is 3.00 bits per heavy atom. The van der Waals surface area contributed by atoms with E-state index in [4.69, 9.17) is 17.4 Å². The van der Waals surface area contributed by atoms with E-state index in [1.807, 2.05) is 31.3 Å². The highest BCUT2D eigenvalue weighted by molar-refractivity contribution is 6.31. The molecule has 3 rings (SSSR count). The summed E-state index contributed by atoms with van der Waals surface area (Å²) in [6, 6.07) is 10.2. The molecule has 4 heteroatoms. The van der Waals surface area contributed by atoms with Gasteiger partial charge in [-0.1, -0.05) is 29.8 Å². The predicted molar refractivity (Wildman–Crippen MR) is 86.2 cm³/mol. The molecule has 110 valence electrons. The maximum atomic E-state index is 6.27. The van der Waals surface area contributed by atoms with E-state index in [-0.39, 0.29) is 12.0 Å². The van der Waals surface area contributed by atoms with Crippen LogP contribution < -0.4 is 11.3 Å². The first-order valence-corrected chi connectivity index (χ1v) is 7.75. The Hall–Kier alpha value is -1.42. The maximum absolute atomic E-state index is 6.27. The summed E-state index contributed by atoms with van der Waals surface area (Å²) in [7, 11) is 0. The highest BCUT2D eigenvalue weighted by atomic mass is 35.5. The van der Waals surface area contributed by atoms with Gasteiger partial charge in [0, 0.05) is 22.8 Å². The van der Waals surface area contributed by atoms with Crippen molar-refractivity contribution in [1.29, 1.82) is 0 Å². The van der Waals surface area contributed by atoms with Crippen LogP contribution in [0.1, 0.15) is 47.2 Å². The highest BCUT2D eigenvalue weighted by Crippen LogP contribution is 2.40. The lowest BCUT2D eigenvalue weighted by molar-refractivity contribution is 0.398. The molecule has 1 aliphatic carbocycles. The number of aryl methyl sites for hydroxylation is 1. The third kappa shape index (κ3) is 2.69. The lowest BCUT2D eigenvalue weighted by Crippen LogP contribution is -2.35. The molecule has 2 aromatic rings. The van der Waals surface area contributed by atoms with E-state index >= 15 is 0 Å². The van der Waals surface area contributed by atoms with Crippen molar-refractivity contribution in [2.75, 3.05) is 0 Å². The number of fused-ring (bicyclic) bond motifs is 1. The molecule has 3 nitrogen and oxygen atoms in total. The van der Waals surface area contributed by atoms with Crippen LogP contribution in [0.25, 0.3) is 0 Å². The Morgan fingerprint density at radius 2 is 2.19 bits per heavy atom. The van der Waals surface area contributed by atoms with Crippen molar-refractivity contribution in [2.24, 2.45) is 5.84 Å². The summed E-state index contributed by atoms with van der Waals surface area (Å²) in [6.45, 7) is 2.05. The molecule has 0 spiro atoms. The smallest absolute Gasteiger partial charge is 0.0546 e. The molecule has 0 aliphatic heterocycles. The van der Waals surface area contributed by atoms with Gasteiger partial charge in [-0.2, -0.15) is 0 Å². The monoisotopic (exact) mass is 301 g/mol. The van der Waals surface area contributed by atoms with Crippen LogP contribution in [0.15, 0.2) is 36.5 Å². The van der Waals surface area contributed by atoms with Crippen molar-refractivity contribution >= 4 is 11.6 Å². The van der Waals surface area contributed by atoms with Crippen LogP contribution in [0.2, 0.25) is 5.02 Å². The Morgan fingerprint density at radius 1 is 1.33 bits per heavy atom. The van der Waals surface area contributed by atoms with Crippen LogP contribution in [0.3, 0.4) is 0 Å². The van der Waals surface area contributed by atoms with Crippen LogP contribution >= 0.6 is 11.6 Å². The number of hydrazine groups is 1. The zero-order valence-corrected chi connectivity index (χ0v) is 12.9. The van der Waals surface area contributed by atoms with E-state index in [2.05, 4.69) is 22.5 Å². The van der Waals surface area contributed by atoms with Crippen molar-refractivity contribution in [3.05, 3.63) is 63.9 Å². The van der Waals surface area contributed by atoms with Gasteiger partial charge < -0.3 is 0 Å². The lowest BCUT2D eigenvalue weighted by atomic mass is 9.79. The first-order chi connectivity index (χ1) is 10.2. The molecule has 2 atom stereocenters. The van der Waals surface area contributed by atoms with Gasteiger partial charge in [-0.25, -0.2) is 0 Å². The van der Waals surface area contributed by atoms with Gasteiger partial charge in [0.15, 0.2) is 0 Å². The van der Waals surface area contributed by atoms with Gasteiger partial charge in [-0.05, 0) is 55.0 Å². The van der Waals surface area contributed by atoms with E-state index in [0.717, 1.165) is 29.0 Å². The van der Waals surface area contributed by atoms with Gasteiger partial charge in [0.2, 0.25) is 0 Å². The molecule has 0 fully saturated rings. The molecule has 1 heterocycles. The zero-order chi connectivity index (χ0) is 14.8. The van der Waals surface area contributed by atoms with Gasteiger partial charge in [0.05, 0.1) is 6.04 Å². The van der Waals surface area contributed by atoms with Crippen molar-refractivity contribution in [3.8, 4) is 0 Å². The molecule has 0 bridgehead atoms. The summed E-state index contributed by atoms with van der Waals surface area (Å²) in [5.74, 6) is 6.18. The average molecular weight is 302 g/mol. The van der Waals surface area contributed by atoms with E-state index in [0.29, 0.717) is 0 Å². The third-order valence-corrected chi connectivity index (χ3v) is 4.87. The molecule has 0 saturated heterocycles. The first kappa shape index (κ1) is 14.5. The number of nitrogens with two attached hydrogens (primary N) is 1. The second-order valence-corrected chi connectivity index (χ2v) is 6.05. The van der Waals surface area contributed by atoms with Gasteiger partial charge in [-0.3, -0.25) is 16.3 Å². The SMILES string of the molecule is Cc1c(Cl)cccc1C(NN)C1CCCc2cccnc21. The van der Waals surface area contributed by atoms with Gasteiger partial charge in [0.25, 0.3) is 0 Å². The number of rotatable bonds is 3. The number of hydrogen-bond acceptors (Lipinski definition) is 3. The van der Waals surface area contributed by atoms with E-state index in [1.54, 1.807) is 0 Å². The Labute approximate surface area is 130 Å². The molecular weight excluding hydrogens is 282 g/mol. The normalized spacial score (nSPS) is 19.1. The molecule has 1 aromatic heterocycles. The fourth-order valence-electron chi connectivity index (χ4n) is 3.35. The van der Waals surface area contributed by atoms with Crippen LogP contribution in [-0.4, -0.2) is 4.98 Å². The number of aromatic nitrogens is 1. The molecule has 1 aromatic carbocycles. The minimum absolute atomic E-state index is 0.0395. The molecule has 3 N–H and O–H groups in total. The number of nitrogens with one attached hydrogen (secondary N) is 1. The van der Waals surface area contributed by atoms with E-state index in [1.165, 1.54) is 17.7 Å². The number of halogens is 1. The minimum Gasteiger partial charge on any atom is -0.271 e. The number of nitrogens with zero attached hydrogens (tertiary/aromatic N) is 1. The molecule has 21 heavy (non-hydrogen) atoms. The van der Waals surface area contributed by atoms with Crippen molar-refractivity contribution in [3.63, 3.8) is 0 Å². The summed E-state index contributed by atoms with van der Waals surface area (Å²) < 4.78 is 0. The van der Waals surface area contributed by atoms with E-state index < -0.39 is 0 Å². The number of benzene rings is 1. The molecular formula is C17H20ClN3. The Bertz CT molecular complexity index is 642. The first-order valence-electron chi connectivity index (χ1n) is 7.37. The summed E-state index contributed by atoms with van der Waals surface area (Å²) in [5.41, 5.74) is 7.76. The van der Waals surface area contributed by atoms with Crippen LogP contribution in [0.4, 0.5) is 0 Å². The quantitative estimate of drug-likeness (QED) is 0.672. The Balaban J connectivity index is 2.04. The molecule has 0 amide bonds. The molecule has 2 unspecified atom stereocenters. The van der Waals surface area contributed by atoms with Crippen LogP contribution in [0.5, 0.6) is 0 Å². The largest absolute Gasteiger partial charge is 0.271 e. The van der Waals surface area contributed by atoms with Crippen LogP contribution in [0, 0.1) is 6.92 Å². The summed E-state index contributed by atoms with van der Waals surface area (Å²) in [4.78, 5) is 4.62. The number of pyridine rings is 1. The maximum Gasteiger partial charge on any atom is 0.0546 e. The van der Waals surface area contributed by atoms with Crippen LogP contribution in [-0.2, 0) is 6.42 Å². The van der Waals surface area contributed by atoms with Crippen molar-refractivity contribution < 1.29 is 0 Å². The van der Waals surface area contributed by atoms with Gasteiger partial charge in [-0.15, -0.1) is 0 Å².